The van der Waals surface area contributed by atoms with Gasteiger partial charge < -0.3 is 14.4 Å². The van der Waals surface area contributed by atoms with Crippen LogP contribution < -0.4 is 4.74 Å². The molecule has 162 valence electrons. The Bertz CT molecular complexity index is 855. The largest absolute Gasteiger partial charge is 0.473 e. The number of amides is 1. The molecule has 0 spiro atoms. The van der Waals surface area contributed by atoms with Gasteiger partial charge in [0, 0.05) is 23.5 Å². The molecule has 1 amide bonds. The van der Waals surface area contributed by atoms with Crippen molar-refractivity contribution in [1.29, 1.82) is 0 Å². The van der Waals surface area contributed by atoms with Crippen LogP contribution in [0.2, 0.25) is 0 Å². The summed E-state index contributed by atoms with van der Waals surface area (Å²) in [5.74, 6) is 0.404. The Labute approximate surface area is 181 Å². The highest BCUT2D eigenvalue weighted by molar-refractivity contribution is 7.98. The van der Waals surface area contributed by atoms with E-state index in [9.17, 15) is 9.18 Å². The summed E-state index contributed by atoms with van der Waals surface area (Å²) in [6.45, 7) is 7.00. The minimum absolute atomic E-state index is 0.0639. The first-order valence-corrected chi connectivity index (χ1v) is 11.4. The van der Waals surface area contributed by atoms with Crippen molar-refractivity contribution in [3.8, 4) is 17.1 Å². The Morgan fingerprint density at radius 2 is 1.93 bits per heavy atom. The minimum Gasteiger partial charge on any atom is -0.473 e. The predicted molar refractivity (Wildman–Crippen MR) is 115 cm³/mol. The molecular weight excluding hydrogens is 405 g/mol. The van der Waals surface area contributed by atoms with Gasteiger partial charge >= 0.3 is 6.09 Å². The van der Waals surface area contributed by atoms with E-state index in [1.807, 2.05) is 33.1 Å². The monoisotopic (exact) mass is 433 g/mol. The molecule has 1 aliphatic rings. The van der Waals surface area contributed by atoms with E-state index in [2.05, 4.69) is 9.97 Å². The predicted octanol–water partition coefficient (Wildman–Crippen LogP) is 5.03. The lowest BCUT2D eigenvalue weighted by atomic mass is 9.92. The molecular formula is C22H28FN3O3S. The van der Waals surface area contributed by atoms with E-state index in [0.717, 1.165) is 17.7 Å². The van der Waals surface area contributed by atoms with Crippen molar-refractivity contribution in [1.82, 2.24) is 14.9 Å². The van der Waals surface area contributed by atoms with E-state index in [4.69, 9.17) is 9.47 Å². The number of carbonyl (C=O) groups is 1. The topological polar surface area (TPSA) is 64.5 Å². The molecule has 1 saturated heterocycles. The van der Waals surface area contributed by atoms with Crippen LogP contribution in [0.3, 0.4) is 0 Å². The number of carbonyl (C=O) groups excluding carboxylic acids is 1. The number of likely N-dealkylation sites (tertiary alicyclic amines) is 1. The first-order chi connectivity index (χ1) is 14.4. The first kappa shape index (κ1) is 22.3. The Morgan fingerprint density at radius 1 is 1.20 bits per heavy atom. The molecule has 1 aliphatic heterocycles. The van der Waals surface area contributed by atoms with Crippen LogP contribution in [0.5, 0.6) is 5.88 Å². The van der Waals surface area contributed by atoms with Gasteiger partial charge in [-0.1, -0.05) is 0 Å². The van der Waals surface area contributed by atoms with E-state index >= 15 is 0 Å². The van der Waals surface area contributed by atoms with E-state index in [-0.39, 0.29) is 24.1 Å². The molecule has 3 rings (SSSR count). The van der Waals surface area contributed by atoms with Gasteiger partial charge in [-0.3, -0.25) is 0 Å². The average Bonchev–Trinajstić information content (AvgIpc) is 2.74. The van der Waals surface area contributed by atoms with Crippen molar-refractivity contribution in [3.63, 3.8) is 0 Å². The summed E-state index contributed by atoms with van der Waals surface area (Å²) in [6, 6.07) is 5.07. The van der Waals surface area contributed by atoms with Crippen LogP contribution >= 0.6 is 11.8 Å². The number of hydrogen-bond acceptors (Lipinski definition) is 6. The van der Waals surface area contributed by atoms with Crippen LogP contribution in [0.15, 0.2) is 35.5 Å². The summed E-state index contributed by atoms with van der Waals surface area (Å²) in [5.41, 5.74) is 0.887. The summed E-state index contributed by atoms with van der Waals surface area (Å²) >= 11 is 1.49. The number of benzene rings is 1. The second kappa shape index (κ2) is 10.1. The number of ether oxygens (including phenoxy) is 2. The maximum atomic E-state index is 14.3. The van der Waals surface area contributed by atoms with Gasteiger partial charge in [0.2, 0.25) is 5.88 Å². The molecule has 0 bridgehead atoms. The van der Waals surface area contributed by atoms with Crippen LogP contribution in [0.25, 0.3) is 11.3 Å². The Balaban J connectivity index is 1.55. The Hall–Kier alpha value is -2.35. The molecule has 0 saturated carbocycles. The van der Waals surface area contributed by atoms with Gasteiger partial charge in [-0.15, -0.1) is 11.8 Å². The fourth-order valence-corrected chi connectivity index (χ4v) is 3.89. The third-order valence-corrected chi connectivity index (χ3v) is 5.91. The summed E-state index contributed by atoms with van der Waals surface area (Å²) in [4.78, 5) is 23.2. The molecule has 6 nitrogen and oxygen atoms in total. The smallest absolute Gasteiger partial charge is 0.410 e. The first-order valence-electron chi connectivity index (χ1n) is 10.2. The zero-order chi connectivity index (χ0) is 21.7. The summed E-state index contributed by atoms with van der Waals surface area (Å²) in [5, 5.41) is 0. The third-order valence-electron chi connectivity index (χ3n) is 5.19. The highest BCUT2D eigenvalue weighted by atomic mass is 32.2. The van der Waals surface area contributed by atoms with E-state index in [0.29, 0.717) is 36.1 Å². The van der Waals surface area contributed by atoms with Gasteiger partial charge in [-0.05, 0) is 64.0 Å². The highest BCUT2D eigenvalue weighted by Crippen LogP contribution is 2.27. The molecule has 0 radical (unpaired) electrons. The Morgan fingerprint density at radius 3 is 2.50 bits per heavy atom. The number of aromatic nitrogens is 2. The third kappa shape index (κ3) is 5.62. The summed E-state index contributed by atoms with van der Waals surface area (Å²) < 4.78 is 25.5. The number of hydrogen-bond donors (Lipinski definition) is 0. The quantitative estimate of drug-likeness (QED) is 0.596. The zero-order valence-corrected chi connectivity index (χ0v) is 18.6. The van der Waals surface area contributed by atoms with Crippen LogP contribution in [0.1, 0.15) is 33.6 Å². The molecule has 1 aromatic heterocycles. The van der Waals surface area contributed by atoms with Crippen molar-refractivity contribution >= 4 is 17.9 Å². The molecule has 8 heteroatoms. The average molecular weight is 434 g/mol. The van der Waals surface area contributed by atoms with E-state index in [1.165, 1.54) is 30.2 Å². The Kier molecular flexibility index (Phi) is 7.53. The SMILES string of the molecule is CSc1ccc(-c2cnc(O[C@@H](C)C3CCN(C(=O)OC(C)C)CC3)cn2)c(F)c1. The van der Waals surface area contributed by atoms with Crippen LogP contribution in [0, 0.1) is 11.7 Å². The molecule has 2 heterocycles. The van der Waals surface area contributed by atoms with Crippen molar-refractivity contribution < 1.29 is 18.7 Å². The lowest BCUT2D eigenvalue weighted by Crippen LogP contribution is -2.42. The highest BCUT2D eigenvalue weighted by Gasteiger charge is 2.28. The maximum absolute atomic E-state index is 14.3. The fourth-order valence-electron chi connectivity index (χ4n) is 3.46. The number of rotatable bonds is 6. The number of nitrogens with zero attached hydrogens (tertiary/aromatic N) is 3. The molecule has 2 aromatic rings. The zero-order valence-electron chi connectivity index (χ0n) is 17.8. The van der Waals surface area contributed by atoms with E-state index < -0.39 is 0 Å². The van der Waals surface area contributed by atoms with Gasteiger partial charge in [0.1, 0.15) is 11.9 Å². The summed E-state index contributed by atoms with van der Waals surface area (Å²) in [6.07, 6.45) is 6.22. The van der Waals surface area contributed by atoms with Crippen molar-refractivity contribution in [2.75, 3.05) is 19.3 Å². The molecule has 30 heavy (non-hydrogen) atoms. The second-order valence-corrected chi connectivity index (χ2v) is 8.55. The normalized spacial score (nSPS) is 15.9. The number of thioether (sulfide) groups is 1. The van der Waals surface area contributed by atoms with Crippen molar-refractivity contribution in [2.24, 2.45) is 5.92 Å². The lowest BCUT2D eigenvalue weighted by molar-refractivity contribution is 0.0485. The van der Waals surface area contributed by atoms with Crippen LogP contribution in [-0.4, -0.2) is 52.5 Å². The number of piperidine rings is 1. The van der Waals surface area contributed by atoms with Gasteiger partial charge in [0.15, 0.2) is 0 Å². The number of halogens is 1. The summed E-state index contributed by atoms with van der Waals surface area (Å²) in [7, 11) is 0. The van der Waals surface area contributed by atoms with Crippen molar-refractivity contribution in [2.45, 2.75) is 50.7 Å². The molecule has 1 fully saturated rings. The molecule has 0 aliphatic carbocycles. The van der Waals surface area contributed by atoms with Gasteiger partial charge in [-0.2, -0.15) is 0 Å². The maximum Gasteiger partial charge on any atom is 0.410 e. The molecule has 0 unspecified atom stereocenters. The van der Waals surface area contributed by atoms with Gasteiger partial charge in [0.05, 0.1) is 24.2 Å². The fraction of sp³-hybridized carbons (Fsp3) is 0.500. The lowest BCUT2D eigenvalue weighted by Gasteiger charge is -2.34. The van der Waals surface area contributed by atoms with Gasteiger partial charge in [-0.25, -0.2) is 19.2 Å². The molecule has 0 N–H and O–H groups in total. The molecule has 1 atom stereocenters. The second-order valence-electron chi connectivity index (χ2n) is 7.67. The molecule has 1 aromatic carbocycles. The minimum atomic E-state index is -0.319. The van der Waals surface area contributed by atoms with Crippen LogP contribution in [0.4, 0.5) is 9.18 Å². The van der Waals surface area contributed by atoms with Gasteiger partial charge in [0.25, 0.3) is 0 Å². The van der Waals surface area contributed by atoms with Crippen LogP contribution in [-0.2, 0) is 4.74 Å². The van der Waals surface area contributed by atoms with Crippen molar-refractivity contribution in [3.05, 3.63) is 36.4 Å². The standard InChI is InChI=1S/C22H28FN3O3S/c1-14(2)28-22(27)26-9-7-16(8-10-26)15(3)29-21-13-24-20(12-25-21)18-6-5-17(30-4)11-19(18)23/h5-6,11-16H,7-10H2,1-4H3/t15-/m0/s1. The van der Waals surface area contributed by atoms with E-state index in [1.54, 1.807) is 11.0 Å².